The molecule has 4 nitrogen and oxygen atoms in total. The van der Waals surface area contributed by atoms with Crippen LogP contribution >= 0.6 is 15.9 Å². The van der Waals surface area contributed by atoms with E-state index in [1.807, 2.05) is 7.05 Å². The predicted molar refractivity (Wildman–Crippen MR) is 86.5 cm³/mol. The Kier molecular flexibility index (Phi) is 3.56. The third-order valence-electron chi connectivity index (χ3n) is 3.68. The van der Waals surface area contributed by atoms with Gasteiger partial charge in [-0.2, -0.15) is 0 Å². The summed E-state index contributed by atoms with van der Waals surface area (Å²) >= 11 is 3.69. The summed E-state index contributed by atoms with van der Waals surface area (Å²) in [5.41, 5.74) is 4.69. The quantitative estimate of drug-likeness (QED) is 0.767. The van der Waals surface area contributed by atoms with Gasteiger partial charge in [-0.1, -0.05) is 19.9 Å². The van der Waals surface area contributed by atoms with Crippen molar-refractivity contribution >= 4 is 32.7 Å². The molecule has 0 bridgehead atoms. The number of imidazole rings is 2. The molecule has 0 fully saturated rings. The summed E-state index contributed by atoms with van der Waals surface area (Å²) in [7, 11) is 1.96. The van der Waals surface area contributed by atoms with Crippen molar-refractivity contribution in [3.8, 4) is 0 Å². The standard InChI is InChI=1S/C15H19BrN4/c1-9(2)10-4-5-13-12(8-10)19-15-18-11(6-7-17-3)14(16)20(13)15/h4-5,8-9,17H,6-7H2,1-3H3,(H,18,19). The first-order chi connectivity index (χ1) is 9.61. The number of aromatic amines is 1. The van der Waals surface area contributed by atoms with E-state index in [4.69, 9.17) is 4.98 Å². The molecule has 2 heterocycles. The van der Waals surface area contributed by atoms with Gasteiger partial charge in [-0.25, -0.2) is 4.98 Å². The van der Waals surface area contributed by atoms with E-state index in [0.717, 1.165) is 34.4 Å². The number of nitrogens with one attached hydrogen (secondary N) is 2. The van der Waals surface area contributed by atoms with Crippen LogP contribution in [0.15, 0.2) is 22.8 Å². The Balaban J connectivity index is 2.14. The molecule has 0 radical (unpaired) electrons. The Morgan fingerprint density at radius 2 is 2.20 bits per heavy atom. The van der Waals surface area contributed by atoms with E-state index < -0.39 is 0 Å². The van der Waals surface area contributed by atoms with Gasteiger partial charge < -0.3 is 10.3 Å². The number of rotatable bonds is 4. The number of likely N-dealkylation sites (N-methyl/N-ethyl adjacent to an activating group) is 1. The van der Waals surface area contributed by atoms with E-state index in [2.05, 4.69) is 62.7 Å². The van der Waals surface area contributed by atoms with Crippen molar-refractivity contribution in [3.05, 3.63) is 34.1 Å². The normalized spacial score (nSPS) is 12.1. The van der Waals surface area contributed by atoms with Gasteiger partial charge in [0.05, 0.1) is 16.7 Å². The third-order valence-corrected chi connectivity index (χ3v) is 4.51. The highest BCUT2D eigenvalue weighted by Gasteiger charge is 2.14. The van der Waals surface area contributed by atoms with E-state index in [1.165, 1.54) is 11.3 Å². The van der Waals surface area contributed by atoms with Crippen LogP contribution in [0, 0.1) is 0 Å². The first kappa shape index (κ1) is 13.6. The summed E-state index contributed by atoms with van der Waals surface area (Å²) in [5.74, 6) is 1.42. The summed E-state index contributed by atoms with van der Waals surface area (Å²) < 4.78 is 3.22. The highest BCUT2D eigenvalue weighted by Crippen LogP contribution is 2.27. The summed E-state index contributed by atoms with van der Waals surface area (Å²) in [6.45, 7) is 5.35. The second-order valence-electron chi connectivity index (χ2n) is 5.42. The van der Waals surface area contributed by atoms with Gasteiger partial charge in [0.25, 0.3) is 0 Å². The summed E-state index contributed by atoms with van der Waals surface area (Å²) in [4.78, 5) is 8.11. The molecule has 5 heteroatoms. The zero-order valence-corrected chi connectivity index (χ0v) is 13.6. The van der Waals surface area contributed by atoms with Crippen molar-refractivity contribution in [3.63, 3.8) is 0 Å². The Labute approximate surface area is 126 Å². The molecule has 0 unspecified atom stereocenters. The van der Waals surface area contributed by atoms with Gasteiger partial charge in [0.1, 0.15) is 4.60 Å². The molecule has 0 aliphatic rings. The van der Waals surface area contributed by atoms with Gasteiger partial charge >= 0.3 is 0 Å². The van der Waals surface area contributed by atoms with Crippen LogP contribution in [0.2, 0.25) is 0 Å². The number of hydrogen-bond acceptors (Lipinski definition) is 2. The van der Waals surface area contributed by atoms with Crippen molar-refractivity contribution in [2.24, 2.45) is 0 Å². The third kappa shape index (κ3) is 2.15. The first-order valence-electron chi connectivity index (χ1n) is 6.95. The van der Waals surface area contributed by atoms with E-state index >= 15 is 0 Å². The Hall–Kier alpha value is -1.33. The zero-order valence-electron chi connectivity index (χ0n) is 12.0. The predicted octanol–water partition coefficient (Wildman–Crippen LogP) is 3.46. The number of benzene rings is 1. The van der Waals surface area contributed by atoms with Crippen LogP contribution in [0.1, 0.15) is 31.0 Å². The molecule has 3 aromatic rings. The van der Waals surface area contributed by atoms with Gasteiger partial charge in [0.2, 0.25) is 5.78 Å². The maximum Gasteiger partial charge on any atom is 0.213 e. The molecule has 0 atom stereocenters. The zero-order chi connectivity index (χ0) is 14.3. The number of hydrogen-bond donors (Lipinski definition) is 2. The van der Waals surface area contributed by atoms with Crippen LogP contribution in [-0.4, -0.2) is 28.0 Å². The highest BCUT2D eigenvalue weighted by molar-refractivity contribution is 9.10. The molecule has 106 valence electrons. The summed E-state index contributed by atoms with van der Waals surface area (Å²) in [6, 6.07) is 6.53. The topological polar surface area (TPSA) is 45.1 Å². The molecular weight excluding hydrogens is 316 g/mol. The number of fused-ring (bicyclic) bond motifs is 3. The van der Waals surface area contributed by atoms with Gasteiger partial charge in [-0.15, -0.1) is 0 Å². The van der Waals surface area contributed by atoms with Gasteiger partial charge in [0, 0.05) is 13.0 Å². The lowest BCUT2D eigenvalue weighted by atomic mass is 10.0. The van der Waals surface area contributed by atoms with E-state index in [0.29, 0.717) is 5.92 Å². The van der Waals surface area contributed by atoms with Crippen LogP contribution in [0.4, 0.5) is 0 Å². The minimum atomic E-state index is 0.522. The molecular formula is C15H19BrN4. The largest absolute Gasteiger partial charge is 0.326 e. The number of H-pyrrole nitrogens is 1. The molecule has 0 aliphatic carbocycles. The van der Waals surface area contributed by atoms with Crippen molar-refractivity contribution in [1.82, 2.24) is 19.7 Å². The second kappa shape index (κ2) is 5.22. The fraction of sp³-hybridized carbons (Fsp3) is 0.400. The van der Waals surface area contributed by atoms with Crippen LogP contribution < -0.4 is 5.32 Å². The molecule has 0 saturated carbocycles. The monoisotopic (exact) mass is 334 g/mol. The lowest BCUT2D eigenvalue weighted by Crippen LogP contribution is -2.10. The Bertz CT molecular complexity index is 754. The van der Waals surface area contributed by atoms with E-state index in [-0.39, 0.29) is 0 Å². The minimum absolute atomic E-state index is 0.522. The number of halogens is 1. The van der Waals surface area contributed by atoms with Crippen LogP contribution in [-0.2, 0) is 6.42 Å². The maximum atomic E-state index is 4.70. The minimum Gasteiger partial charge on any atom is -0.326 e. The molecule has 3 rings (SSSR count). The van der Waals surface area contributed by atoms with Crippen LogP contribution in [0.5, 0.6) is 0 Å². The number of nitrogens with zero attached hydrogens (tertiary/aromatic N) is 2. The molecule has 0 saturated heterocycles. The lowest BCUT2D eigenvalue weighted by Gasteiger charge is -2.04. The molecule has 2 N–H and O–H groups in total. The van der Waals surface area contributed by atoms with E-state index in [1.54, 1.807) is 0 Å². The lowest BCUT2D eigenvalue weighted by molar-refractivity contribution is 0.777. The molecule has 2 aromatic heterocycles. The summed E-state index contributed by atoms with van der Waals surface area (Å²) in [6.07, 6.45) is 0.950. The van der Waals surface area contributed by atoms with Crippen molar-refractivity contribution in [2.75, 3.05) is 13.6 Å². The average molecular weight is 335 g/mol. The SMILES string of the molecule is CNCCc1[nH]c2nc3cc(C(C)C)ccc3n2c1Br. The van der Waals surface area contributed by atoms with Crippen LogP contribution in [0.25, 0.3) is 16.8 Å². The van der Waals surface area contributed by atoms with Crippen molar-refractivity contribution in [1.29, 1.82) is 0 Å². The van der Waals surface area contributed by atoms with Gasteiger partial charge in [-0.3, -0.25) is 4.40 Å². The van der Waals surface area contributed by atoms with E-state index in [9.17, 15) is 0 Å². The Morgan fingerprint density at radius 3 is 2.90 bits per heavy atom. The molecule has 0 aliphatic heterocycles. The van der Waals surface area contributed by atoms with Crippen molar-refractivity contribution in [2.45, 2.75) is 26.2 Å². The van der Waals surface area contributed by atoms with Gasteiger partial charge in [0.15, 0.2) is 0 Å². The fourth-order valence-electron chi connectivity index (χ4n) is 2.48. The highest BCUT2D eigenvalue weighted by atomic mass is 79.9. The first-order valence-corrected chi connectivity index (χ1v) is 7.74. The fourth-order valence-corrected chi connectivity index (χ4v) is 3.13. The molecule has 0 amide bonds. The van der Waals surface area contributed by atoms with Gasteiger partial charge in [-0.05, 0) is 46.6 Å². The molecule has 1 aromatic carbocycles. The average Bonchev–Trinajstić information content (AvgIpc) is 2.92. The maximum absolute atomic E-state index is 4.70. The smallest absolute Gasteiger partial charge is 0.213 e. The summed E-state index contributed by atoms with van der Waals surface area (Å²) in [5, 5.41) is 3.17. The number of aromatic nitrogens is 3. The molecule has 20 heavy (non-hydrogen) atoms. The second-order valence-corrected chi connectivity index (χ2v) is 6.17. The molecule has 0 spiro atoms. The van der Waals surface area contributed by atoms with Crippen LogP contribution in [0.3, 0.4) is 0 Å². The Morgan fingerprint density at radius 1 is 1.40 bits per heavy atom. The van der Waals surface area contributed by atoms with Crippen molar-refractivity contribution < 1.29 is 0 Å².